The van der Waals surface area contributed by atoms with Crippen molar-refractivity contribution in [2.24, 2.45) is 20.5 Å². The highest BCUT2D eigenvalue weighted by atomic mass is 19.1. The van der Waals surface area contributed by atoms with E-state index in [0.717, 1.165) is 11.3 Å². The Balaban J connectivity index is 0.000000315. The summed E-state index contributed by atoms with van der Waals surface area (Å²) in [5.74, 6) is -4.18. The molecule has 0 unspecified atom stereocenters. The third-order valence-corrected chi connectivity index (χ3v) is 9.72. The first-order valence-corrected chi connectivity index (χ1v) is 20.9. The van der Waals surface area contributed by atoms with Crippen LogP contribution in [0.3, 0.4) is 0 Å². The SMILES string of the molecule is CC(=O)COC(=O)CCN(Cc1ccccc1)c1ccc(N=Nc2cc(F)c([N+](=O)[O-])cc2[N+](=O)[O-])cc1.COC(=O)CCN(CCC(=O)OC)c1ccc(N=Nc2cc(F)c([N+](=O)[O-])cc2[N+](=O)[O-])cc1. The van der Waals surface area contributed by atoms with E-state index in [0.29, 0.717) is 43.0 Å². The van der Waals surface area contributed by atoms with Crippen molar-refractivity contribution < 1.29 is 61.9 Å². The lowest BCUT2D eigenvalue weighted by atomic mass is 10.2. The lowest BCUT2D eigenvalue weighted by Crippen LogP contribution is -2.29. The first-order chi connectivity index (χ1) is 34.3. The highest BCUT2D eigenvalue weighted by Crippen LogP contribution is 2.36. The normalized spacial score (nSPS) is 10.7. The molecule has 5 rings (SSSR count). The minimum Gasteiger partial charge on any atom is -0.469 e. The third kappa shape index (κ3) is 16.9. The van der Waals surface area contributed by atoms with Crippen molar-refractivity contribution in [1.82, 2.24) is 0 Å². The van der Waals surface area contributed by atoms with Crippen molar-refractivity contribution in [3.8, 4) is 0 Å². The highest BCUT2D eigenvalue weighted by Gasteiger charge is 2.26. The molecule has 0 spiro atoms. The molecule has 72 heavy (non-hydrogen) atoms. The number of carbonyl (C=O) groups is 4. The van der Waals surface area contributed by atoms with Crippen molar-refractivity contribution in [1.29, 1.82) is 0 Å². The number of halogens is 2. The molecule has 0 saturated carbocycles. The maximum atomic E-state index is 14.0. The number of nitrogens with zero attached hydrogens (tertiary/aromatic N) is 10. The van der Waals surface area contributed by atoms with E-state index < -0.39 is 83.4 Å². The molecule has 0 aliphatic heterocycles. The quantitative estimate of drug-likeness (QED) is 0.0193. The number of rotatable bonds is 23. The molecule has 0 N–H and O–H groups in total. The smallest absolute Gasteiger partial charge is 0.311 e. The Morgan fingerprint density at radius 2 is 0.917 bits per heavy atom. The number of esters is 3. The topological polar surface area (TPSA) is 324 Å². The summed E-state index contributed by atoms with van der Waals surface area (Å²) in [6.07, 6.45) is 0.194. The Bertz CT molecular complexity index is 2830. The molecule has 0 fully saturated rings. The standard InChI is InChI=1S/C25H22FN5O7.C20H20FN5O8/c1-17(32)16-38-25(33)11-12-29(15-18-5-3-2-4-6-18)20-9-7-19(8-10-20)27-28-22-13-21(26)23(30(34)35)14-24(22)31(36)37;1-33-19(27)7-9-24(10-8-20(28)34-2)14-5-3-13(4-6-14)22-23-16-11-15(21)17(25(29)30)12-18(16)26(31)32/h2-10,13-14H,11-12,15-16H2,1H3;3-6,11-12H,7-10H2,1-2H3. The van der Waals surface area contributed by atoms with Crippen molar-refractivity contribution in [2.45, 2.75) is 32.7 Å². The van der Waals surface area contributed by atoms with Gasteiger partial charge in [-0.1, -0.05) is 30.3 Å². The second-order valence-corrected chi connectivity index (χ2v) is 14.7. The molecule has 0 bridgehead atoms. The number of nitro benzene ring substituents is 4. The second-order valence-electron chi connectivity index (χ2n) is 14.7. The van der Waals surface area contributed by atoms with Gasteiger partial charge >= 0.3 is 40.7 Å². The lowest BCUT2D eigenvalue weighted by Gasteiger charge is -2.25. The van der Waals surface area contributed by atoms with Crippen molar-refractivity contribution >= 4 is 80.6 Å². The van der Waals surface area contributed by atoms with Gasteiger partial charge in [-0.15, -0.1) is 10.2 Å². The summed E-state index contributed by atoms with van der Waals surface area (Å²) >= 11 is 0. The van der Waals surface area contributed by atoms with Gasteiger partial charge in [-0.3, -0.25) is 59.6 Å². The number of Topliss-reactive ketones (excluding diaryl/α,β-unsaturated/α-hetero) is 1. The maximum Gasteiger partial charge on any atom is 0.311 e. The number of benzene rings is 5. The molecule has 0 aromatic heterocycles. The van der Waals surface area contributed by atoms with E-state index in [9.17, 15) is 68.4 Å². The van der Waals surface area contributed by atoms with Crippen LogP contribution in [0.4, 0.5) is 65.7 Å². The van der Waals surface area contributed by atoms with Crippen molar-refractivity contribution in [2.75, 3.05) is 50.3 Å². The van der Waals surface area contributed by atoms with E-state index in [-0.39, 0.29) is 56.1 Å². The number of ether oxygens (including phenoxy) is 3. The van der Waals surface area contributed by atoms with Crippen LogP contribution in [0.1, 0.15) is 31.7 Å². The predicted molar refractivity (Wildman–Crippen MR) is 250 cm³/mol. The van der Waals surface area contributed by atoms with Crippen LogP contribution < -0.4 is 9.80 Å². The molecule has 0 amide bonds. The maximum absolute atomic E-state index is 14.0. The number of ketones is 1. The molecule has 376 valence electrons. The van der Waals surface area contributed by atoms with Crippen LogP contribution in [-0.2, 0) is 39.9 Å². The van der Waals surface area contributed by atoms with E-state index in [1.807, 2.05) is 35.2 Å². The summed E-state index contributed by atoms with van der Waals surface area (Å²) in [5, 5.41) is 59.2. The molecular formula is C45H42F2N10O15. The minimum absolute atomic E-state index is 0.0386. The largest absolute Gasteiger partial charge is 0.469 e. The van der Waals surface area contributed by atoms with Gasteiger partial charge in [-0.2, -0.15) is 19.0 Å². The van der Waals surface area contributed by atoms with Crippen LogP contribution in [0.5, 0.6) is 0 Å². The summed E-state index contributed by atoms with van der Waals surface area (Å²) in [6, 6.07) is 24.4. The molecule has 5 aromatic carbocycles. The van der Waals surface area contributed by atoms with Gasteiger partial charge < -0.3 is 24.0 Å². The van der Waals surface area contributed by atoms with Crippen LogP contribution >= 0.6 is 0 Å². The highest BCUT2D eigenvalue weighted by molar-refractivity contribution is 5.80. The summed E-state index contributed by atoms with van der Waals surface area (Å²) in [6.45, 7) is 2.33. The predicted octanol–water partition coefficient (Wildman–Crippen LogP) is 9.58. The molecule has 0 radical (unpaired) electrons. The second kappa shape index (κ2) is 26.8. The summed E-state index contributed by atoms with van der Waals surface area (Å²) < 4.78 is 42.1. The number of methoxy groups -OCH3 is 2. The molecule has 0 atom stereocenters. The molecule has 0 aliphatic carbocycles. The molecule has 5 aromatic rings. The number of carbonyl (C=O) groups excluding carboxylic acids is 4. The van der Waals surface area contributed by atoms with Crippen molar-refractivity contribution in [3.05, 3.63) is 161 Å². The Morgan fingerprint density at radius 3 is 1.31 bits per heavy atom. The van der Waals surface area contributed by atoms with Gasteiger partial charge in [0.1, 0.15) is 6.61 Å². The summed E-state index contributed by atoms with van der Waals surface area (Å²) in [7, 11) is 2.53. The zero-order chi connectivity index (χ0) is 52.9. The Kier molecular flexibility index (Phi) is 20.5. The first kappa shape index (κ1) is 55.0. The van der Waals surface area contributed by atoms with E-state index in [1.165, 1.54) is 33.3 Å². The van der Waals surface area contributed by atoms with Gasteiger partial charge in [-0.05, 0) is 61.0 Å². The fraction of sp³-hybridized carbons (Fsp3) is 0.244. The van der Waals surface area contributed by atoms with E-state index in [1.54, 1.807) is 41.3 Å². The van der Waals surface area contributed by atoms with Crippen LogP contribution in [0, 0.1) is 52.1 Å². The number of hydrogen-bond acceptors (Lipinski definition) is 21. The van der Waals surface area contributed by atoms with E-state index in [4.69, 9.17) is 4.74 Å². The van der Waals surface area contributed by atoms with E-state index >= 15 is 0 Å². The first-order valence-electron chi connectivity index (χ1n) is 20.9. The molecule has 0 saturated heterocycles. The van der Waals surface area contributed by atoms with Crippen LogP contribution in [0.15, 0.2) is 124 Å². The monoisotopic (exact) mass is 1000 g/mol. The number of nitro groups is 4. The average Bonchev–Trinajstić information content (AvgIpc) is 3.35. The van der Waals surface area contributed by atoms with Crippen LogP contribution in [0.25, 0.3) is 0 Å². The van der Waals surface area contributed by atoms with Gasteiger partial charge in [0, 0.05) is 49.7 Å². The van der Waals surface area contributed by atoms with Crippen LogP contribution in [-0.4, -0.2) is 83.8 Å². The number of hydrogen-bond donors (Lipinski definition) is 0. The molecule has 0 aliphatic rings. The van der Waals surface area contributed by atoms with E-state index in [2.05, 4.69) is 29.9 Å². The van der Waals surface area contributed by atoms with Gasteiger partial charge in [0.15, 0.2) is 17.2 Å². The summed E-state index contributed by atoms with van der Waals surface area (Å²) in [5.41, 5.74) is -1.71. The molecule has 27 heteroatoms. The van der Waals surface area contributed by atoms with Gasteiger partial charge in [-0.25, -0.2) is 0 Å². The Labute approximate surface area is 405 Å². The average molecular weight is 1000 g/mol. The molecular weight excluding hydrogens is 959 g/mol. The van der Waals surface area contributed by atoms with Crippen molar-refractivity contribution in [3.63, 3.8) is 0 Å². The van der Waals surface area contributed by atoms with Gasteiger partial charge in [0.25, 0.3) is 0 Å². The number of azo groups is 2. The van der Waals surface area contributed by atoms with Gasteiger partial charge in [0.05, 0.1) is 76.7 Å². The fourth-order valence-corrected chi connectivity index (χ4v) is 6.11. The molecule has 0 heterocycles. The minimum atomic E-state index is -1.29. The van der Waals surface area contributed by atoms with Gasteiger partial charge in [0.2, 0.25) is 11.6 Å². The Morgan fingerprint density at radius 1 is 0.528 bits per heavy atom. The molecule has 25 nitrogen and oxygen atoms in total. The number of anilines is 2. The zero-order valence-electron chi connectivity index (χ0n) is 38.3. The van der Waals surface area contributed by atoms with Crippen LogP contribution in [0.2, 0.25) is 0 Å². The fourth-order valence-electron chi connectivity index (χ4n) is 6.11. The zero-order valence-corrected chi connectivity index (χ0v) is 38.3. The lowest BCUT2D eigenvalue weighted by molar-refractivity contribution is -0.395. The Hall–Kier alpha value is -9.56. The summed E-state index contributed by atoms with van der Waals surface area (Å²) in [4.78, 5) is 89.9. The third-order valence-electron chi connectivity index (χ3n) is 9.72.